The van der Waals surface area contributed by atoms with Crippen LogP contribution in [-0.2, 0) is 14.3 Å². The number of hydrogen-bond donors (Lipinski definition) is 2. The summed E-state index contributed by atoms with van der Waals surface area (Å²) in [5.41, 5.74) is 0. The molecule has 0 saturated heterocycles. The Bertz CT molecular complexity index is 254. The minimum absolute atomic E-state index is 0.0236. The summed E-state index contributed by atoms with van der Waals surface area (Å²) >= 11 is 4.67. The van der Waals surface area contributed by atoms with E-state index >= 15 is 0 Å². The van der Waals surface area contributed by atoms with Crippen LogP contribution in [0.2, 0.25) is 0 Å². The van der Waals surface area contributed by atoms with Gasteiger partial charge in [0.1, 0.15) is 19.4 Å². The fourth-order valence-corrected chi connectivity index (χ4v) is 0.752. The molecule has 6 heteroatoms. The molecule has 0 aliphatic heterocycles. The molecule has 0 amide bonds. The molecule has 1 unspecified atom stereocenters. The predicted octanol–water partition coefficient (Wildman–Crippen LogP) is 0.901. The van der Waals surface area contributed by atoms with Crippen LogP contribution in [0.5, 0.6) is 0 Å². The molecule has 0 saturated carbocycles. The monoisotopic (exact) mass is 233 g/mol. The minimum atomic E-state index is -1.02. The number of carboxylic acids is 1. The van der Waals surface area contributed by atoms with E-state index in [9.17, 15) is 4.79 Å². The number of rotatable bonds is 7. The maximum atomic E-state index is 10.7. The second kappa shape index (κ2) is 7.19. The molecule has 15 heavy (non-hydrogen) atoms. The molecular weight excluding hydrogens is 218 g/mol. The molecule has 0 aromatic carbocycles. The van der Waals surface area contributed by atoms with E-state index in [1.165, 1.54) is 0 Å². The van der Waals surface area contributed by atoms with Crippen LogP contribution in [0.25, 0.3) is 0 Å². The van der Waals surface area contributed by atoms with E-state index in [0.717, 1.165) is 0 Å². The molecular formula is C9H15NO4S. The van der Waals surface area contributed by atoms with E-state index in [-0.39, 0.29) is 13.3 Å². The van der Waals surface area contributed by atoms with Gasteiger partial charge < -0.3 is 14.6 Å². The Kier molecular flexibility index (Phi) is 6.64. The van der Waals surface area contributed by atoms with Gasteiger partial charge in [0, 0.05) is 6.92 Å². The summed E-state index contributed by atoms with van der Waals surface area (Å²) in [7, 11) is 0. The first-order chi connectivity index (χ1) is 6.93. The summed E-state index contributed by atoms with van der Waals surface area (Å²) in [6.45, 7) is 6.82. The van der Waals surface area contributed by atoms with Gasteiger partial charge >= 0.3 is 5.97 Å². The largest absolute Gasteiger partial charge is 0.485 e. The predicted molar refractivity (Wildman–Crippen MR) is 59.5 cm³/mol. The summed E-state index contributed by atoms with van der Waals surface area (Å²) in [6, 6.07) is -0.845. The van der Waals surface area contributed by atoms with E-state index in [1.54, 1.807) is 13.8 Å². The van der Waals surface area contributed by atoms with Crippen LogP contribution in [0.15, 0.2) is 12.3 Å². The second-order valence-electron chi connectivity index (χ2n) is 2.89. The minimum Gasteiger partial charge on any atom is -0.485 e. The zero-order valence-corrected chi connectivity index (χ0v) is 9.60. The smallest absolute Gasteiger partial charge is 0.324 e. The summed E-state index contributed by atoms with van der Waals surface area (Å²) in [4.78, 5) is 10.7. The van der Waals surface area contributed by atoms with Gasteiger partial charge in [0.05, 0.1) is 5.76 Å². The third-order valence-electron chi connectivity index (χ3n) is 1.40. The van der Waals surface area contributed by atoms with Gasteiger partial charge in [-0.1, -0.05) is 6.58 Å². The Hall–Kier alpha value is -1.14. The highest BCUT2D eigenvalue weighted by molar-refractivity contribution is 7.80. The maximum absolute atomic E-state index is 10.7. The Morgan fingerprint density at radius 1 is 1.53 bits per heavy atom. The van der Waals surface area contributed by atoms with Gasteiger partial charge in [-0.2, -0.15) is 0 Å². The van der Waals surface area contributed by atoms with Crippen molar-refractivity contribution in [1.29, 1.82) is 0 Å². The molecule has 5 nitrogen and oxygen atoms in total. The highest BCUT2D eigenvalue weighted by atomic mass is 32.1. The van der Waals surface area contributed by atoms with Crippen molar-refractivity contribution in [2.75, 3.05) is 13.3 Å². The molecule has 0 aromatic heterocycles. The van der Waals surface area contributed by atoms with Crippen LogP contribution < -0.4 is 5.32 Å². The topological polar surface area (TPSA) is 67.8 Å². The van der Waals surface area contributed by atoms with Gasteiger partial charge in [0.15, 0.2) is 5.05 Å². The van der Waals surface area contributed by atoms with E-state index in [2.05, 4.69) is 24.1 Å². The summed E-state index contributed by atoms with van der Waals surface area (Å²) in [6.07, 6.45) is 0. The molecule has 0 rings (SSSR count). The average Bonchev–Trinajstić information content (AvgIpc) is 2.09. The van der Waals surface area contributed by atoms with Crippen molar-refractivity contribution in [3.8, 4) is 0 Å². The van der Waals surface area contributed by atoms with Crippen LogP contribution in [0, 0.1) is 0 Å². The van der Waals surface area contributed by atoms with E-state index in [1.807, 2.05) is 0 Å². The van der Waals surface area contributed by atoms with Crippen LogP contribution in [0.4, 0.5) is 0 Å². The first kappa shape index (κ1) is 13.9. The van der Waals surface area contributed by atoms with Crippen LogP contribution in [0.3, 0.4) is 0 Å². The fraction of sp³-hybridized carbons (Fsp3) is 0.556. The van der Waals surface area contributed by atoms with Gasteiger partial charge in [-0.05, 0) is 19.1 Å². The van der Waals surface area contributed by atoms with Crippen molar-refractivity contribution in [3.63, 3.8) is 0 Å². The number of thiocarbonyl (C=S) groups is 1. The molecule has 0 radical (unpaired) electrons. The number of aliphatic carboxylic acids is 1. The molecule has 1 atom stereocenters. The third-order valence-corrected chi connectivity index (χ3v) is 1.52. The summed E-state index contributed by atoms with van der Waals surface area (Å²) in [5.74, 6) is -0.505. The van der Waals surface area contributed by atoms with E-state index in [0.29, 0.717) is 10.8 Å². The highest BCUT2D eigenvalue weighted by Gasteiger charge is 2.17. The summed E-state index contributed by atoms with van der Waals surface area (Å²) in [5, 5.41) is 11.7. The first-order valence-electron chi connectivity index (χ1n) is 4.31. The number of carboxylic acid groups (broad SMARTS) is 1. The summed E-state index contributed by atoms with van der Waals surface area (Å²) < 4.78 is 9.90. The van der Waals surface area contributed by atoms with Gasteiger partial charge in [-0.25, -0.2) is 0 Å². The molecule has 0 aliphatic rings. The van der Waals surface area contributed by atoms with Gasteiger partial charge in [-0.3, -0.25) is 10.1 Å². The lowest BCUT2D eigenvalue weighted by molar-refractivity contribution is -0.140. The second-order valence-corrected chi connectivity index (χ2v) is 3.46. The number of hydrogen-bond acceptors (Lipinski definition) is 5. The molecule has 0 aromatic rings. The van der Waals surface area contributed by atoms with Crippen LogP contribution in [-0.4, -0.2) is 35.5 Å². The molecule has 0 heterocycles. The van der Waals surface area contributed by atoms with Crippen molar-refractivity contribution < 1.29 is 19.4 Å². The zero-order valence-electron chi connectivity index (χ0n) is 8.78. The third kappa shape index (κ3) is 7.90. The Morgan fingerprint density at radius 2 is 2.13 bits per heavy atom. The molecule has 0 bridgehead atoms. The zero-order chi connectivity index (χ0) is 11.8. The molecule has 0 spiro atoms. The number of allylic oxidation sites excluding steroid dienone is 1. The Labute approximate surface area is 94.1 Å². The van der Waals surface area contributed by atoms with E-state index < -0.39 is 12.0 Å². The SMILES string of the molecule is C=C(C)OCNC(COC(C)=S)C(=O)O. The Balaban J connectivity index is 3.88. The lowest BCUT2D eigenvalue weighted by Gasteiger charge is -2.15. The van der Waals surface area contributed by atoms with Crippen molar-refractivity contribution >= 4 is 23.2 Å². The van der Waals surface area contributed by atoms with Crippen molar-refractivity contribution in [3.05, 3.63) is 12.3 Å². The van der Waals surface area contributed by atoms with Crippen molar-refractivity contribution in [2.24, 2.45) is 0 Å². The normalized spacial score (nSPS) is 11.6. The first-order valence-corrected chi connectivity index (χ1v) is 4.72. The van der Waals surface area contributed by atoms with Crippen molar-refractivity contribution in [1.82, 2.24) is 5.32 Å². The molecule has 0 fully saturated rings. The van der Waals surface area contributed by atoms with Crippen LogP contribution >= 0.6 is 12.2 Å². The molecule has 86 valence electrons. The Morgan fingerprint density at radius 3 is 2.53 bits per heavy atom. The average molecular weight is 233 g/mol. The van der Waals surface area contributed by atoms with Crippen molar-refractivity contribution in [2.45, 2.75) is 19.9 Å². The van der Waals surface area contributed by atoms with Crippen LogP contribution in [0.1, 0.15) is 13.8 Å². The molecule has 2 N–H and O–H groups in total. The molecule has 0 aliphatic carbocycles. The number of nitrogens with one attached hydrogen (secondary N) is 1. The van der Waals surface area contributed by atoms with Gasteiger partial charge in [0.25, 0.3) is 0 Å². The standard InChI is InChI=1S/C9H15NO4S/c1-6(2)14-5-10-8(9(11)12)4-13-7(3)15/h8,10H,1,4-5H2,2-3H3,(H,11,12). The van der Waals surface area contributed by atoms with E-state index in [4.69, 9.17) is 14.6 Å². The van der Waals surface area contributed by atoms with Gasteiger partial charge in [0.2, 0.25) is 0 Å². The lowest BCUT2D eigenvalue weighted by Crippen LogP contribution is -2.41. The fourth-order valence-electron chi connectivity index (χ4n) is 0.684. The quantitative estimate of drug-likeness (QED) is 0.387. The maximum Gasteiger partial charge on any atom is 0.324 e. The number of carbonyl (C=O) groups is 1. The number of ether oxygens (including phenoxy) is 2. The highest BCUT2D eigenvalue weighted by Crippen LogP contribution is 1.92. The van der Waals surface area contributed by atoms with Gasteiger partial charge in [-0.15, -0.1) is 0 Å². The lowest BCUT2D eigenvalue weighted by atomic mass is 10.3.